The normalized spacial score (nSPS) is 18.5. The zero-order valence-electron chi connectivity index (χ0n) is 13.7. The number of hydrogen-bond acceptors (Lipinski definition) is 4. The summed E-state index contributed by atoms with van der Waals surface area (Å²) in [6.45, 7) is 4.66. The highest BCUT2D eigenvalue weighted by atomic mass is 32.1. The Balaban J connectivity index is 1.89. The van der Waals surface area contributed by atoms with E-state index in [0.29, 0.717) is 19.8 Å². The van der Waals surface area contributed by atoms with Crippen LogP contribution in [-0.4, -0.2) is 43.7 Å². The summed E-state index contributed by atoms with van der Waals surface area (Å²) >= 11 is 1.57. The largest absolute Gasteiger partial charge is 0.380 e. The van der Waals surface area contributed by atoms with Crippen molar-refractivity contribution in [3.8, 4) is 0 Å². The molecule has 0 aliphatic carbocycles. The third-order valence-corrected chi connectivity index (χ3v) is 5.45. The fourth-order valence-corrected chi connectivity index (χ4v) is 4.37. The van der Waals surface area contributed by atoms with Crippen LogP contribution < -0.4 is 0 Å². The quantitative estimate of drug-likeness (QED) is 0.838. The van der Waals surface area contributed by atoms with Crippen molar-refractivity contribution in [1.82, 2.24) is 4.90 Å². The van der Waals surface area contributed by atoms with Crippen LogP contribution in [-0.2, 0) is 16.1 Å². The van der Waals surface area contributed by atoms with Crippen LogP contribution in [0, 0.1) is 0 Å². The molecule has 0 unspecified atom stereocenters. The average Bonchev–Trinajstić information content (AvgIpc) is 2.94. The molecule has 1 amide bonds. The number of carbonyl (C=O) groups excluding carboxylic acids is 1. The molecule has 1 fully saturated rings. The van der Waals surface area contributed by atoms with Crippen LogP contribution >= 0.6 is 11.3 Å². The molecular weight excluding hydrogens is 310 g/mol. The second-order valence-corrected chi connectivity index (χ2v) is 6.86. The lowest BCUT2D eigenvalue weighted by Crippen LogP contribution is -2.43. The molecule has 0 radical (unpaired) electrons. The van der Waals surface area contributed by atoms with Crippen LogP contribution in [0.5, 0.6) is 0 Å². The van der Waals surface area contributed by atoms with Crippen molar-refractivity contribution in [2.45, 2.75) is 32.5 Å². The summed E-state index contributed by atoms with van der Waals surface area (Å²) in [6, 6.07) is 8.15. The van der Waals surface area contributed by atoms with E-state index in [9.17, 15) is 4.79 Å². The molecule has 1 saturated heterocycles. The molecule has 1 aliphatic rings. The molecule has 2 heterocycles. The number of thiophene rings is 1. The molecule has 0 spiro atoms. The summed E-state index contributed by atoms with van der Waals surface area (Å²) in [5.74, 6) is 0.114. The molecule has 23 heavy (non-hydrogen) atoms. The van der Waals surface area contributed by atoms with E-state index >= 15 is 0 Å². The van der Waals surface area contributed by atoms with Gasteiger partial charge in [0.2, 0.25) is 0 Å². The Morgan fingerprint density at radius 2 is 2.22 bits per heavy atom. The lowest BCUT2D eigenvalue weighted by atomic mass is 10.1. The molecule has 1 aromatic carbocycles. The zero-order chi connectivity index (χ0) is 16.2. The number of hydrogen-bond donors (Lipinski definition) is 0. The van der Waals surface area contributed by atoms with Gasteiger partial charge in [0.1, 0.15) is 0 Å². The number of carbonyl (C=O) groups is 1. The van der Waals surface area contributed by atoms with Crippen molar-refractivity contribution >= 4 is 27.3 Å². The highest BCUT2D eigenvalue weighted by Crippen LogP contribution is 2.33. The van der Waals surface area contributed by atoms with E-state index < -0.39 is 0 Å². The van der Waals surface area contributed by atoms with E-state index in [2.05, 4.69) is 12.1 Å². The maximum Gasteiger partial charge on any atom is 0.264 e. The molecule has 0 saturated carbocycles. The van der Waals surface area contributed by atoms with Gasteiger partial charge in [-0.25, -0.2) is 0 Å². The fourth-order valence-electron chi connectivity index (χ4n) is 3.20. The number of likely N-dealkylation sites (tertiary alicyclic amines) is 1. The lowest BCUT2D eigenvalue weighted by Gasteiger charge is -2.32. The highest BCUT2D eigenvalue weighted by Gasteiger charge is 2.28. The van der Waals surface area contributed by atoms with E-state index in [4.69, 9.17) is 9.47 Å². The van der Waals surface area contributed by atoms with E-state index in [1.54, 1.807) is 18.4 Å². The minimum absolute atomic E-state index is 0.114. The average molecular weight is 333 g/mol. The van der Waals surface area contributed by atoms with Crippen molar-refractivity contribution in [2.24, 2.45) is 0 Å². The molecule has 4 nitrogen and oxygen atoms in total. The molecule has 1 aliphatic heterocycles. The second-order valence-electron chi connectivity index (χ2n) is 5.81. The topological polar surface area (TPSA) is 38.8 Å². The van der Waals surface area contributed by atoms with Crippen LogP contribution in [0.25, 0.3) is 10.1 Å². The number of benzene rings is 1. The number of amides is 1. The summed E-state index contributed by atoms with van der Waals surface area (Å²) in [6.07, 6.45) is 2.20. The third-order valence-electron chi connectivity index (χ3n) is 4.25. The number of nitrogens with zero attached hydrogens (tertiary/aromatic N) is 1. The monoisotopic (exact) mass is 333 g/mol. The molecule has 2 aromatic rings. The van der Waals surface area contributed by atoms with Crippen molar-refractivity contribution in [3.63, 3.8) is 0 Å². The fraction of sp³-hybridized carbons (Fsp3) is 0.500. The smallest absolute Gasteiger partial charge is 0.264 e. The molecule has 0 bridgehead atoms. The van der Waals surface area contributed by atoms with Crippen LogP contribution in [0.2, 0.25) is 0 Å². The summed E-state index contributed by atoms with van der Waals surface area (Å²) in [7, 11) is 1.67. The van der Waals surface area contributed by atoms with E-state index in [1.807, 2.05) is 24.0 Å². The van der Waals surface area contributed by atoms with Gasteiger partial charge in [-0.3, -0.25) is 4.79 Å². The molecule has 1 atom stereocenters. The molecule has 0 N–H and O–H groups in total. The Morgan fingerprint density at radius 1 is 1.39 bits per heavy atom. The minimum atomic E-state index is 0.114. The summed E-state index contributed by atoms with van der Waals surface area (Å²) in [5, 5.41) is 1.13. The molecule has 5 heteroatoms. The first kappa shape index (κ1) is 16.4. The Labute approximate surface area is 141 Å². The molecule has 3 rings (SSSR count). The van der Waals surface area contributed by atoms with Gasteiger partial charge in [-0.2, -0.15) is 0 Å². The Bertz CT molecular complexity index is 680. The molecule has 1 aromatic heterocycles. The van der Waals surface area contributed by atoms with Crippen LogP contribution in [0.1, 0.15) is 35.0 Å². The van der Waals surface area contributed by atoms with E-state index in [1.165, 1.54) is 0 Å². The summed E-state index contributed by atoms with van der Waals surface area (Å²) < 4.78 is 12.2. The number of fused-ring (bicyclic) bond motifs is 1. The zero-order valence-corrected chi connectivity index (χ0v) is 14.5. The Hall–Kier alpha value is -1.43. The predicted molar refractivity (Wildman–Crippen MR) is 93.1 cm³/mol. The van der Waals surface area contributed by atoms with Gasteiger partial charge in [0.15, 0.2) is 0 Å². The van der Waals surface area contributed by atoms with Gasteiger partial charge in [0.25, 0.3) is 5.91 Å². The van der Waals surface area contributed by atoms with Crippen LogP contribution in [0.3, 0.4) is 0 Å². The van der Waals surface area contributed by atoms with E-state index in [0.717, 1.165) is 39.9 Å². The van der Waals surface area contributed by atoms with Gasteiger partial charge in [-0.05, 0) is 31.2 Å². The van der Waals surface area contributed by atoms with Crippen molar-refractivity contribution in [3.05, 3.63) is 34.7 Å². The van der Waals surface area contributed by atoms with Crippen molar-refractivity contribution in [1.29, 1.82) is 0 Å². The first-order valence-corrected chi connectivity index (χ1v) is 8.96. The molecule has 124 valence electrons. The number of rotatable bonds is 5. The van der Waals surface area contributed by atoms with Gasteiger partial charge in [0.05, 0.1) is 17.6 Å². The highest BCUT2D eigenvalue weighted by molar-refractivity contribution is 7.21. The first-order chi connectivity index (χ1) is 11.2. The third kappa shape index (κ3) is 3.42. The van der Waals surface area contributed by atoms with Gasteiger partial charge in [-0.15, -0.1) is 11.3 Å². The lowest BCUT2D eigenvalue weighted by molar-refractivity contribution is 0.00732. The number of methoxy groups -OCH3 is 1. The second kappa shape index (κ2) is 7.43. The minimum Gasteiger partial charge on any atom is -0.380 e. The van der Waals surface area contributed by atoms with Crippen molar-refractivity contribution in [2.75, 3.05) is 26.8 Å². The maximum absolute atomic E-state index is 13.0. The standard InChI is InChI=1S/C18H23NO3S/c1-3-22-13-7-6-10-19(11-13)18(20)17-15(12-21-2)14-8-4-5-9-16(14)23-17/h4-5,8-9,13H,3,6-7,10-12H2,1-2H3/t13-/m0/s1. The number of ether oxygens (including phenoxy) is 2. The number of piperidine rings is 1. The van der Waals surface area contributed by atoms with Gasteiger partial charge in [0, 0.05) is 37.1 Å². The van der Waals surface area contributed by atoms with Gasteiger partial charge >= 0.3 is 0 Å². The van der Waals surface area contributed by atoms with Crippen LogP contribution in [0.15, 0.2) is 24.3 Å². The van der Waals surface area contributed by atoms with Gasteiger partial charge in [-0.1, -0.05) is 18.2 Å². The first-order valence-electron chi connectivity index (χ1n) is 8.14. The summed E-state index contributed by atoms with van der Waals surface area (Å²) in [4.78, 5) is 15.8. The Morgan fingerprint density at radius 3 is 3.00 bits per heavy atom. The van der Waals surface area contributed by atoms with Crippen LogP contribution in [0.4, 0.5) is 0 Å². The van der Waals surface area contributed by atoms with Gasteiger partial charge < -0.3 is 14.4 Å². The summed E-state index contributed by atoms with van der Waals surface area (Å²) in [5.41, 5.74) is 1.01. The van der Waals surface area contributed by atoms with E-state index in [-0.39, 0.29) is 12.0 Å². The SMILES string of the molecule is CCO[C@H]1CCCN(C(=O)c2sc3ccccc3c2COC)C1. The predicted octanol–water partition coefficient (Wildman–Crippen LogP) is 3.69. The molecular formula is C18H23NO3S. The maximum atomic E-state index is 13.0. The Kier molecular flexibility index (Phi) is 5.30. The van der Waals surface area contributed by atoms with Crippen molar-refractivity contribution < 1.29 is 14.3 Å².